The van der Waals surface area contributed by atoms with Crippen LogP contribution < -0.4 is 9.47 Å². The van der Waals surface area contributed by atoms with E-state index in [1.165, 1.54) is 20.3 Å². The minimum atomic E-state index is -0.529. The zero-order valence-corrected chi connectivity index (χ0v) is 17.0. The van der Waals surface area contributed by atoms with Crippen molar-refractivity contribution in [2.75, 3.05) is 14.2 Å². The van der Waals surface area contributed by atoms with Crippen LogP contribution in [-0.2, 0) is 14.3 Å². The van der Waals surface area contributed by atoms with Gasteiger partial charge in [-0.3, -0.25) is 9.59 Å². The molecule has 0 fully saturated rings. The molecule has 0 aliphatic rings. The highest BCUT2D eigenvalue weighted by Gasteiger charge is 2.14. The monoisotopic (exact) mass is 396 g/mol. The Bertz CT molecular complexity index is 942. The smallest absolute Gasteiger partial charge is 0.330 e. The van der Waals surface area contributed by atoms with Gasteiger partial charge in [0.1, 0.15) is 0 Å². The quantitative estimate of drug-likeness (QED) is 0.290. The molecule has 152 valence electrons. The SMILES string of the molecule is COC(=O)/C=C/c1ccc(OC(=O)CCC(=O)c2ccc(C)c(C)c2)c(OC)c1. The van der Waals surface area contributed by atoms with Gasteiger partial charge in [0.2, 0.25) is 0 Å². The van der Waals surface area contributed by atoms with E-state index < -0.39 is 11.9 Å². The fourth-order valence-corrected chi connectivity index (χ4v) is 2.55. The van der Waals surface area contributed by atoms with Crippen LogP contribution in [0, 0.1) is 13.8 Å². The molecule has 0 radical (unpaired) electrons. The van der Waals surface area contributed by atoms with Crippen molar-refractivity contribution in [3.05, 3.63) is 64.7 Å². The van der Waals surface area contributed by atoms with Crippen molar-refractivity contribution < 1.29 is 28.6 Å². The van der Waals surface area contributed by atoms with Crippen LogP contribution in [0.5, 0.6) is 11.5 Å². The molecule has 0 spiro atoms. The summed E-state index contributed by atoms with van der Waals surface area (Å²) in [6.07, 6.45) is 2.85. The molecule has 0 atom stereocenters. The number of hydrogen-bond donors (Lipinski definition) is 0. The van der Waals surface area contributed by atoms with Crippen LogP contribution in [0.2, 0.25) is 0 Å². The van der Waals surface area contributed by atoms with Gasteiger partial charge in [0.05, 0.1) is 20.6 Å². The fraction of sp³-hybridized carbons (Fsp3) is 0.261. The summed E-state index contributed by atoms with van der Waals surface area (Å²) in [5.41, 5.74) is 3.40. The van der Waals surface area contributed by atoms with E-state index in [1.807, 2.05) is 26.0 Å². The molecule has 0 amide bonds. The second kappa shape index (κ2) is 10.2. The average molecular weight is 396 g/mol. The first-order chi connectivity index (χ1) is 13.8. The zero-order valence-electron chi connectivity index (χ0n) is 17.0. The minimum Gasteiger partial charge on any atom is -0.493 e. The highest BCUT2D eigenvalue weighted by molar-refractivity contribution is 5.98. The molecular weight excluding hydrogens is 372 g/mol. The molecule has 6 nitrogen and oxygen atoms in total. The largest absolute Gasteiger partial charge is 0.493 e. The second-order valence-electron chi connectivity index (χ2n) is 6.46. The summed E-state index contributed by atoms with van der Waals surface area (Å²) < 4.78 is 15.1. The highest BCUT2D eigenvalue weighted by atomic mass is 16.6. The van der Waals surface area contributed by atoms with Gasteiger partial charge in [-0.15, -0.1) is 0 Å². The van der Waals surface area contributed by atoms with E-state index in [0.29, 0.717) is 16.9 Å². The van der Waals surface area contributed by atoms with E-state index in [0.717, 1.165) is 11.1 Å². The number of Topliss-reactive ketones (excluding diaryl/α,β-unsaturated/α-hetero) is 1. The number of ketones is 1. The first kappa shape index (κ1) is 21.9. The van der Waals surface area contributed by atoms with Gasteiger partial charge in [-0.2, -0.15) is 0 Å². The maximum Gasteiger partial charge on any atom is 0.330 e. The topological polar surface area (TPSA) is 78.9 Å². The maximum atomic E-state index is 12.3. The van der Waals surface area contributed by atoms with E-state index >= 15 is 0 Å². The molecule has 0 N–H and O–H groups in total. The summed E-state index contributed by atoms with van der Waals surface area (Å²) in [5.74, 6) is -0.538. The van der Waals surface area contributed by atoms with Gasteiger partial charge in [-0.25, -0.2) is 4.79 Å². The van der Waals surface area contributed by atoms with Crippen molar-refractivity contribution in [2.45, 2.75) is 26.7 Å². The van der Waals surface area contributed by atoms with E-state index in [1.54, 1.807) is 30.3 Å². The third kappa shape index (κ3) is 6.31. The van der Waals surface area contributed by atoms with Gasteiger partial charge in [0.25, 0.3) is 0 Å². The Morgan fingerprint density at radius 1 is 0.897 bits per heavy atom. The number of carbonyl (C=O) groups is 3. The number of carbonyl (C=O) groups excluding carboxylic acids is 3. The van der Waals surface area contributed by atoms with Crippen LogP contribution >= 0.6 is 0 Å². The molecule has 0 saturated heterocycles. The molecule has 2 aromatic carbocycles. The summed E-state index contributed by atoms with van der Waals surface area (Å²) in [5, 5.41) is 0. The third-order valence-corrected chi connectivity index (χ3v) is 4.41. The van der Waals surface area contributed by atoms with Crippen LogP contribution in [0.25, 0.3) is 6.08 Å². The van der Waals surface area contributed by atoms with Crippen molar-refractivity contribution in [3.8, 4) is 11.5 Å². The van der Waals surface area contributed by atoms with E-state index in [9.17, 15) is 14.4 Å². The Balaban J connectivity index is 1.98. The average Bonchev–Trinajstić information content (AvgIpc) is 2.72. The fourth-order valence-electron chi connectivity index (χ4n) is 2.55. The lowest BCUT2D eigenvalue weighted by Gasteiger charge is -2.10. The van der Waals surface area contributed by atoms with E-state index in [4.69, 9.17) is 9.47 Å². The van der Waals surface area contributed by atoms with Crippen molar-refractivity contribution >= 4 is 23.8 Å². The first-order valence-electron chi connectivity index (χ1n) is 9.09. The predicted octanol–water partition coefficient (Wildman–Crippen LogP) is 4.07. The number of rotatable bonds is 8. The van der Waals surface area contributed by atoms with Crippen molar-refractivity contribution in [3.63, 3.8) is 0 Å². The number of hydrogen-bond acceptors (Lipinski definition) is 6. The van der Waals surface area contributed by atoms with Crippen molar-refractivity contribution in [1.29, 1.82) is 0 Å². The Labute approximate surface area is 170 Å². The molecule has 0 aromatic heterocycles. The van der Waals surface area contributed by atoms with E-state index in [2.05, 4.69) is 4.74 Å². The summed E-state index contributed by atoms with van der Waals surface area (Å²) >= 11 is 0. The number of esters is 2. The molecule has 0 saturated carbocycles. The molecular formula is C23H24O6. The number of ether oxygens (including phenoxy) is 3. The zero-order chi connectivity index (χ0) is 21.4. The molecule has 2 rings (SSSR count). The lowest BCUT2D eigenvalue weighted by molar-refractivity contribution is -0.135. The Hall–Kier alpha value is -3.41. The third-order valence-electron chi connectivity index (χ3n) is 4.41. The summed E-state index contributed by atoms with van der Waals surface area (Å²) in [6, 6.07) is 10.3. The van der Waals surface area contributed by atoms with Crippen LogP contribution in [0.1, 0.15) is 39.9 Å². The molecule has 29 heavy (non-hydrogen) atoms. The summed E-state index contributed by atoms with van der Waals surface area (Å²) in [4.78, 5) is 35.7. The van der Waals surface area contributed by atoms with Crippen LogP contribution in [0.15, 0.2) is 42.5 Å². The Morgan fingerprint density at radius 2 is 1.66 bits per heavy atom. The van der Waals surface area contributed by atoms with Gasteiger partial charge in [0, 0.05) is 18.1 Å². The van der Waals surface area contributed by atoms with Crippen LogP contribution in [-0.4, -0.2) is 31.9 Å². The van der Waals surface area contributed by atoms with E-state index in [-0.39, 0.29) is 24.4 Å². The standard InChI is InChI=1S/C23H24O6/c1-15-5-8-18(13-16(15)2)19(24)9-12-23(26)29-20-10-6-17(14-21(20)27-3)7-11-22(25)28-4/h5-8,10-11,13-14H,9,12H2,1-4H3/b11-7+. The molecule has 0 aliphatic heterocycles. The minimum absolute atomic E-state index is 0.0428. The molecule has 6 heteroatoms. The predicted molar refractivity (Wildman–Crippen MR) is 109 cm³/mol. The molecule has 0 unspecified atom stereocenters. The number of methoxy groups -OCH3 is 2. The summed E-state index contributed by atoms with van der Waals surface area (Å²) in [6.45, 7) is 3.92. The first-order valence-corrected chi connectivity index (χ1v) is 9.09. The maximum absolute atomic E-state index is 12.3. The van der Waals surface area contributed by atoms with Gasteiger partial charge < -0.3 is 14.2 Å². The Kier molecular flexibility index (Phi) is 7.71. The lowest BCUT2D eigenvalue weighted by Crippen LogP contribution is -2.11. The number of aryl methyl sites for hydroxylation is 2. The van der Waals surface area contributed by atoms with Gasteiger partial charge in [0.15, 0.2) is 17.3 Å². The molecule has 2 aromatic rings. The lowest BCUT2D eigenvalue weighted by atomic mass is 10.0. The highest BCUT2D eigenvalue weighted by Crippen LogP contribution is 2.29. The van der Waals surface area contributed by atoms with Crippen molar-refractivity contribution in [1.82, 2.24) is 0 Å². The van der Waals surface area contributed by atoms with Crippen molar-refractivity contribution in [2.24, 2.45) is 0 Å². The van der Waals surface area contributed by atoms with Gasteiger partial charge in [-0.1, -0.05) is 18.2 Å². The normalized spacial score (nSPS) is 10.6. The molecule has 0 heterocycles. The van der Waals surface area contributed by atoms with Crippen LogP contribution in [0.3, 0.4) is 0 Å². The van der Waals surface area contributed by atoms with Crippen LogP contribution in [0.4, 0.5) is 0 Å². The summed E-state index contributed by atoms with van der Waals surface area (Å²) in [7, 11) is 2.74. The number of benzene rings is 2. The molecule has 0 aliphatic carbocycles. The molecule has 0 bridgehead atoms. The van der Waals surface area contributed by atoms with Gasteiger partial charge >= 0.3 is 11.9 Å². The Morgan fingerprint density at radius 3 is 2.31 bits per heavy atom. The van der Waals surface area contributed by atoms with Gasteiger partial charge in [-0.05, 0) is 54.8 Å². The second-order valence-corrected chi connectivity index (χ2v) is 6.46.